The largest absolute Gasteiger partial charge is 0.379 e. The van der Waals surface area contributed by atoms with Crippen molar-refractivity contribution in [3.63, 3.8) is 0 Å². The van der Waals surface area contributed by atoms with Crippen LogP contribution in [-0.2, 0) is 11.3 Å². The van der Waals surface area contributed by atoms with Gasteiger partial charge in [-0.2, -0.15) is 0 Å². The van der Waals surface area contributed by atoms with Crippen LogP contribution in [-0.4, -0.2) is 74.2 Å². The zero-order valence-electron chi connectivity index (χ0n) is 16.1. The fraction of sp³-hybridized carbons (Fsp3) is 0.600. The minimum absolute atomic E-state index is 0.0155. The van der Waals surface area contributed by atoms with Crippen molar-refractivity contribution in [2.24, 2.45) is 0 Å². The third kappa shape index (κ3) is 5.43. The lowest BCUT2D eigenvalue weighted by Crippen LogP contribution is -2.53. The Balaban J connectivity index is 1.56. The monoisotopic (exact) mass is 374 g/mol. The highest BCUT2D eigenvalue weighted by atomic mass is 16.5. The molecule has 1 aromatic carbocycles. The van der Waals surface area contributed by atoms with E-state index in [0.717, 1.165) is 57.8 Å². The van der Waals surface area contributed by atoms with Crippen LogP contribution in [0.3, 0.4) is 0 Å². The van der Waals surface area contributed by atoms with Crippen LogP contribution < -0.4 is 10.6 Å². The molecule has 1 aromatic rings. The Morgan fingerprint density at radius 1 is 1.19 bits per heavy atom. The summed E-state index contributed by atoms with van der Waals surface area (Å²) in [6.07, 6.45) is 3.28. The second kappa shape index (κ2) is 9.71. The standard InChI is InChI=1S/C20H30N4O3/c1-21-19(25)17-6-4-5-16(13-17)14-22-20(26)24-8-3-2-7-18(24)15-23-9-11-27-12-10-23/h4-6,13,18H,2-3,7-12,14-15H2,1H3,(H,21,25)(H,22,26). The summed E-state index contributed by atoms with van der Waals surface area (Å²) in [5, 5.41) is 5.65. The molecule has 0 radical (unpaired) electrons. The Hall–Kier alpha value is -2.12. The third-order valence-electron chi connectivity index (χ3n) is 5.32. The first kappa shape index (κ1) is 19.6. The van der Waals surface area contributed by atoms with Crippen molar-refractivity contribution in [3.05, 3.63) is 35.4 Å². The summed E-state index contributed by atoms with van der Waals surface area (Å²) in [4.78, 5) is 28.9. The Labute approximate surface area is 161 Å². The molecule has 3 rings (SSSR count). The number of carbonyl (C=O) groups excluding carboxylic acids is 2. The highest BCUT2D eigenvalue weighted by Crippen LogP contribution is 2.19. The molecule has 7 heteroatoms. The first-order valence-electron chi connectivity index (χ1n) is 9.83. The predicted molar refractivity (Wildman–Crippen MR) is 104 cm³/mol. The number of carbonyl (C=O) groups is 2. The first-order valence-corrected chi connectivity index (χ1v) is 9.83. The van der Waals surface area contributed by atoms with Gasteiger partial charge in [0.25, 0.3) is 5.91 Å². The maximum atomic E-state index is 12.8. The van der Waals surface area contributed by atoms with Gasteiger partial charge in [0.2, 0.25) is 0 Å². The van der Waals surface area contributed by atoms with Gasteiger partial charge >= 0.3 is 6.03 Å². The number of nitrogens with one attached hydrogen (secondary N) is 2. The van der Waals surface area contributed by atoms with E-state index >= 15 is 0 Å². The Morgan fingerprint density at radius 3 is 2.78 bits per heavy atom. The van der Waals surface area contributed by atoms with Gasteiger partial charge in [-0.25, -0.2) is 4.79 Å². The average molecular weight is 374 g/mol. The number of morpholine rings is 1. The van der Waals surface area contributed by atoms with Crippen molar-refractivity contribution in [2.45, 2.75) is 31.8 Å². The molecule has 0 saturated carbocycles. The normalized spacial score (nSPS) is 20.9. The number of rotatable bonds is 5. The first-order chi connectivity index (χ1) is 13.2. The minimum Gasteiger partial charge on any atom is -0.379 e. The summed E-state index contributed by atoms with van der Waals surface area (Å²) >= 11 is 0. The third-order valence-corrected chi connectivity index (χ3v) is 5.32. The summed E-state index contributed by atoms with van der Waals surface area (Å²) in [5.41, 5.74) is 1.53. The van der Waals surface area contributed by atoms with E-state index in [2.05, 4.69) is 15.5 Å². The second-order valence-corrected chi connectivity index (χ2v) is 7.19. The van der Waals surface area contributed by atoms with Crippen LogP contribution in [0.1, 0.15) is 35.2 Å². The van der Waals surface area contributed by atoms with Gasteiger partial charge < -0.3 is 20.3 Å². The Kier molecular flexibility index (Phi) is 7.06. The zero-order valence-corrected chi connectivity index (χ0v) is 16.1. The van der Waals surface area contributed by atoms with Crippen LogP contribution in [0.2, 0.25) is 0 Å². The molecule has 2 aliphatic rings. The molecule has 2 N–H and O–H groups in total. The van der Waals surface area contributed by atoms with E-state index in [1.807, 2.05) is 23.1 Å². The smallest absolute Gasteiger partial charge is 0.317 e. The molecular weight excluding hydrogens is 344 g/mol. The summed E-state index contributed by atoms with van der Waals surface area (Å²) in [5.74, 6) is -0.121. The van der Waals surface area contributed by atoms with Crippen molar-refractivity contribution < 1.29 is 14.3 Å². The summed E-state index contributed by atoms with van der Waals surface area (Å²) < 4.78 is 5.42. The van der Waals surface area contributed by atoms with Gasteiger partial charge in [0, 0.05) is 51.4 Å². The van der Waals surface area contributed by atoms with Gasteiger partial charge in [-0.15, -0.1) is 0 Å². The predicted octanol–water partition coefficient (Wildman–Crippen LogP) is 1.44. The molecule has 1 unspecified atom stereocenters. The van der Waals surface area contributed by atoms with Crippen LogP contribution in [0.4, 0.5) is 4.79 Å². The van der Waals surface area contributed by atoms with Crippen molar-refractivity contribution >= 4 is 11.9 Å². The molecule has 2 heterocycles. The van der Waals surface area contributed by atoms with Gasteiger partial charge in [0.1, 0.15) is 0 Å². The van der Waals surface area contributed by atoms with E-state index in [1.54, 1.807) is 13.1 Å². The van der Waals surface area contributed by atoms with Gasteiger partial charge in [-0.1, -0.05) is 12.1 Å². The van der Waals surface area contributed by atoms with E-state index in [4.69, 9.17) is 4.74 Å². The number of hydrogen-bond acceptors (Lipinski definition) is 4. The highest BCUT2D eigenvalue weighted by Gasteiger charge is 2.28. The van der Waals surface area contributed by atoms with E-state index in [0.29, 0.717) is 12.1 Å². The Morgan fingerprint density at radius 2 is 2.00 bits per heavy atom. The molecule has 148 valence electrons. The van der Waals surface area contributed by atoms with Crippen LogP contribution in [0.25, 0.3) is 0 Å². The van der Waals surface area contributed by atoms with Gasteiger partial charge in [0.15, 0.2) is 0 Å². The SMILES string of the molecule is CNC(=O)c1cccc(CNC(=O)N2CCCCC2CN2CCOCC2)c1. The van der Waals surface area contributed by atoms with E-state index in [9.17, 15) is 9.59 Å². The average Bonchev–Trinajstić information content (AvgIpc) is 2.73. The lowest BCUT2D eigenvalue weighted by atomic mass is 10.0. The minimum atomic E-state index is -0.121. The van der Waals surface area contributed by atoms with Gasteiger partial charge in [-0.3, -0.25) is 9.69 Å². The fourth-order valence-electron chi connectivity index (χ4n) is 3.79. The van der Waals surface area contributed by atoms with E-state index < -0.39 is 0 Å². The molecule has 0 aromatic heterocycles. The Bertz CT molecular complexity index is 646. The molecule has 0 bridgehead atoms. The number of ether oxygens (including phenoxy) is 1. The van der Waals surface area contributed by atoms with Crippen LogP contribution in [0.15, 0.2) is 24.3 Å². The number of urea groups is 1. The summed E-state index contributed by atoms with van der Waals surface area (Å²) in [6, 6.07) is 7.60. The molecule has 0 spiro atoms. The number of benzene rings is 1. The molecule has 2 saturated heterocycles. The van der Waals surface area contributed by atoms with E-state index in [-0.39, 0.29) is 18.0 Å². The molecular formula is C20H30N4O3. The van der Waals surface area contributed by atoms with Crippen molar-refractivity contribution in [1.29, 1.82) is 0 Å². The van der Waals surface area contributed by atoms with Crippen LogP contribution in [0, 0.1) is 0 Å². The molecule has 7 nitrogen and oxygen atoms in total. The van der Waals surface area contributed by atoms with Crippen molar-refractivity contribution in [1.82, 2.24) is 20.4 Å². The molecule has 3 amide bonds. The van der Waals surface area contributed by atoms with Crippen LogP contribution in [0.5, 0.6) is 0 Å². The number of nitrogens with zero attached hydrogens (tertiary/aromatic N) is 2. The lowest BCUT2D eigenvalue weighted by molar-refractivity contribution is 0.0221. The number of hydrogen-bond donors (Lipinski definition) is 2. The second-order valence-electron chi connectivity index (χ2n) is 7.19. The highest BCUT2D eigenvalue weighted by molar-refractivity contribution is 5.94. The zero-order chi connectivity index (χ0) is 19.1. The lowest BCUT2D eigenvalue weighted by Gasteiger charge is -2.39. The summed E-state index contributed by atoms with van der Waals surface area (Å²) in [6.45, 7) is 5.59. The van der Waals surface area contributed by atoms with Gasteiger partial charge in [0.05, 0.1) is 13.2 Å². The topological polar surface area (TPSA) is 73.9 Å². The fourth-order valence-corrected chi connectivity index (χ4v) is 3.79. The quantitative estimate of drug-likeness (QED) is 0.818. The number of amides is 3. The molecule has 1 atom stereocenters. The molecule has 2 aliphatic heterocycles. The number of piperidine rings is 1. The van der Waals surface area contributed by atoms with Gasteiger partial charge in [-0.05, 0) is 37.0 Å². The molecule has 27 heavy (non-hydrogen) atoms. The van der Waals surface area contributed by atoms with E-state index in [1.165, 1.54) is 6.42 Å². The molecule has 0 aliphatic carbocycles. The summed E-state index contributed by atoms with van der Waals surface area (Å²) in [7, 11) is 1.61. The number of likely N-dealkylation sites (tertiary alicyclic amines) is 1. The van der Waals surface area contributed by atoms with Crippen molar-refractivity contribution in [2.75, 3.05) is 46.4 Å². The van der Waals surface area contributed by atoms with Crippen LogP contribution >= 0.6 is 0 Å². The molecule has 2 fully saturated rings. The van der Waals surface area contributed by atoms with Crippen molar-refractivity contribution in [3.8, 4) is 0 Å². The maximum absolute atomic E-state index is 12.8. The maximum Gasteiger partial charge on any atom is 0.317 e.